The second-order valence-electron chi connectivity index (χ2n) is 2.65. The lowest BCUT2D eigenvalue weighted by molar-refractivity contribution is 0.0697. The zero-order chi connectivity index (χ0) is 10.6. The molecule has 0 radical (unpaired) electrons. The second kappa shape index (κ2) is 5.04. The highest BCUT2D eigenvalue weighted by molar-refractivity contribution is 7.13. The molecule has 1 heterocycles. The number of carboxylic acids is 1. The molecule has 0 unspecified atom stereocenters. The molecule has 0 amide bonds. The summed E-state index contributed by atoms with van der Waals surface area (Å²) in [6, 6.07) is 0. The van der Waals surface area contributed by atoms with E-state index in [4.69, 9.17) is 9.84 Å². The third-order valence-corrected chi connectivity index (χ3v) is 2.63. The minimum Gasteiger partial charge on any atom is -0.477 e. The molecule has 0 fully saturated rings. The van der Waals surface area contributed by atoms with Gasteiger partial charge in [-0.3, -0.25) is 0 Å². The average Bonchev–Trinajstić information content (AvgIpc) is 2.49. The van der Waals surface area contributed by atoms with Gasteiger partial charge in [0.05, 0.1) is 12.3 Å². The Morgan fingerprint density at radius 1 is 1.71 bits per heavy atom. The molecule has 78 valence electrons. The lowest BCUT2D eigenvalue weighted by atomic mass is 10.4. The molecule has 0 saturated carbocycles. The highest BCUT2D eigenvalue weighted by Crippen LogP contribution is 2.19. The van der Waals surface area contributed by atoms with E-state index in [-0.39, 0.29) is 11.5 Å². The number of methoxy groups -OCH3 is 1. The van der Waals surface area contributed by atoms with Crippen molar-refractivity contribution in [3.8, 4) is 0 Å². The fourth-order valence-corrected chi connectivity index (χ4v) is 1.95. The number of hydrogen-bond acceptors (Lipinski definition) is 5. The van der Waals surface area contributed by atoms with Gasteiger partial charge in [0.25, 0.3) is 0 Å². The molecule has 0 atom stereocenters. The molecule has 6 heteroatoms. The Hall–Kier alpha value is -0.980. The van der Waals surface area contributed by atoms with E-state index in [9.17, 15) is 4.79 Å². The van der Waals surface area contributed by atoms with Crippen LogP contribution in [-0.2, 0) is 17.9 Å². The van der Waals surface area contributed by atoms with Gasteiger partial charge in [0.15, 0.2) is 0 Å². The van der Waals surface area contributed by atoms with Gasteiger partial charge in [-0.1, -0.05) is 0 Å². The summed E-state index contributed by atoms with van der Waals surface area (Å²) in [5.74, 6) is -0.947. The van der Waals surface area contributed by atoms with E-state index in [1.807, 2.05) is 0 Å². The van der Waals surface area contributed by atoms with E-state index >= 15 is 0 Å². The number of aromatic nitrogens is 1. The quantitative estimate of drug-likeness (QED) is 0.758. The number of rotatable bonds is 5. The number of thiazole rings is 1. The first-order valence-electron chi connectivity index (χ1n) is 4.04. The lowest BCUT2D eigenvalue weighted by Gasteiger charge is -1.94. The Balaban J connectivity index is 2.93. The maximum atomic E-state index is 10.8. The Kier molecular flexibility index (Phi) is 3.99. The maximum Gasteiger partial charge on any atom is 0.347 e. The van der Waals surface area contributed by atoms with Crippen LogP contribution < -0.4 is 5.32 Å². The van der Waals surface area contributed by atoms with E-state index in [0.29, 0.717) is 12.2 Å². The standard InChI is InChI=1S/C8H12N2O3S/c1-9-3-6-10-5(4-13-2)7(14-6)8(11)12/h9H,3-4H2,1-2H3,(H,11,12). The van der Waals surface area contributed by atoms with Crippen molar-refractivity contribution in [3.05, 3.63) is 15.6 Å². The van der Waals surface area contributed by atoms with Crippen LogP contribution in [0.1, 0.15) is 20.4 Å². The number of carbonyl (C=O) groups is 1. The van der Waals surface area contributed by atoms with Crippen molar-refractivity contribution >= 4 is 17.3 Å². The van der Waals surface area contributed by atoms with Gasteiger partial charge >= 0.3 is 5.97 Å². The van der Waals surface area contributed by atoms with Crippen LogP contribution in [0.15, 0.2) is 0 Å². The van der Waals surface area contributed by atoms with Crippen LogP contribution in [0.25, 0.3) is 0 Å². The van der Waals surface area contributed by atoms with Crippen LogP contribution >= 0.6 is 11.3 Å². The topological polar surface area (TPSA) is 71.5 Å². The molecular formula is C8H12N2O3S. The molecule has 2 N–H and O–H groups in total. The van der Waals surface area contributed by atoms with Crippen LogP contribution in [0.3, 0.4) is 0 Å². The maximum absolute atomic E-state index is 10.8. The van der Waals surface area contributed by atoms with Crippen molar-refractivity contribution in [1.29, 1.82) is 0 Å². The van der Waals surface area contributed by atoms with Crippen LogP contribution in [-0.4, -0.2) is 30.2 Å². The zero-order valence-electron chi connectivity index (χ0n) is 8.03. The monoisotopic (exact) mass is 216 g/mol. The minimum atomic E-state index is -0.947. The normalized spacial score (nSPS) is 10.4. The van der Waals surface area contributed by atoms with Crippen molar-refractivity contribution in [3.63, 3.8) is 0 Å². The van der Waals surface area contributed by atoms with Crippen molar-refractivity contribution in [2.24, 2.45) is 0 Å². The number of aromatic carboxylic acids is 1. The van der Waals surface area contributed by atoms with Crippen molar-refractivity contribution in [1.82, 2.24) is 10.3 Å². The fraction of sp³-hybridized carbons (Fsp3) is 0.500. The molecule has 0 aliphatic rings. The Morgan fingerprint density at radius 2 is 2.43 bits per heavy atom. The summed E-state index contributed by atoms with van der Waals surface area (Å²) >= 11 is 1.18. The first kappa shape index (κ1) is 11.1. The molecule has 0 aliphatic heterocycles. The van der Waals surface area contributed by atoms with E-state index in [0.717, 1.165) is 5.01 Å². The third-order valence-electron chi connectivity index (χ3n) is 1.54. The minimum absolute atomic E-state index is 0.238. The summed E-state index contributed by atoms with van der Waals surface area (Å²) in [6.07, 6.45) is 0. The van der Waals surface area contributed by atoms with Gasteiger partial charge in [0, 0.05) is 13.7 Å². The molecule has 0 aromatic carbocycles. The number of nitrogens with one attached hydrogen (secondary N) is 1. The average molecular weight is 216 g/mol. The van der Waals surface area contributed by atoms with Gasteiger partial charge in [-0.15, -0.1) is 11.3 Å². The summed E-state index contributed by atoms with van der Waals surface area (Å²) in [6.45, 7) is 0.816. The van der Waals surface area contributed by atoms with E-state index < -0.39 is 5.97 Å². The van der Waals surface area contributed by atoms with Crippen molar-refractivity contribution in [2.45, 2.75) is 13.2 Å². The SMILES string of the molecule is CNCc1nc(COC)c(C(=O)O)s1. The summed E-state index contributed by atoms with van der Waals surface area (Å²) in [7, 11) is 3.31. The summed E-state index contributed by atoms with van der Waals surface area (Å²) in [5, 5.41) is 12.5. The summed E-state index contributed by atoms with van der Waals surface area (Å²) < 4.78 is 4.87. The van der Waals surface area contributed by atoms with Crippen molar-refractivity contribution < 1.29 is 14.6 Å². The van der Waals surface area contributed by atoms with Gasteiger partial charge in [0.1, 0.15) is 9.88 Å². The molecule has 14 heavy (non-hydrogen) atoms. The number of carboxylic acid groups (broad SMARTS) is 1. The predicted molar refractivity (Wildman–Crippen MR) is 52.6 cm³/mol. The summed E-state index contributed by atoms with van der Waals surface area (Å²) in [4.78, 5) is 15.2. The molecule has 0 saturated heterocycles. The van der Waals surface area contributed by atoms with Gasteiger partial charge in [-0.05, 0) is 7.05 Å². The highest BCUT2D eigenvalue weighted by atomic mass is 32.1. The smallest absolute Gasteiger partial charge is 0.347 e. The fourth-order valence-electron chi connectivity index (χ4n) is 1.03. The first-order chi connectivity index (χ1) is 6.69. The molecule has 1 aromatic heterocycles. The van der Waals surface area contributed by atoms with Crippen molar-refractivity contribution in [2.75, 3.05) is 14.2 Å². The molecule has 5 nitrogen and oxygen atoms in total. The van der Waals surface area contributed by atoms with Gasteiger partial charge < -0.3 is 15.2 Å². The predicted octanol–water partition coefficient (Wildman–Crippen LogP) is 0.707. The van der Waals surface area contributed by atoms with Crippen LogP contribution in [0.2, 0.25) is 0 Å². The Bertz CT molecular complexity index is 324. The summed E-state index contributed by atoms with van der Waals surface area (Å²) in [5.41, 5.74) is 0.496. The van der Waals surface area contributed by atoms with Gasteiger partial charge in [0.2, 0.25) is 0 Å². The number of nitrogens with zero attached hydrogens (tertiary/aromatic N) is 1. The highest BCUT2D eigenvalue weighted by Gasteiger charge is 2.16. The van der Waals surface area contributed by atoms with E-state index in [2.05, 4.69) is 10.3 Å². The van der Waals surface area contributed by atoms with Crippen LogP contribution in [0, 0.1) is 0 Å². The first-order valence-corrected chi connectivity index (χ1v) is 4.86. The number of hydrogen-bond donors (Lipinski definition) is 2. The van der Waals surface area contributed by atoms with Gasteiger partial charge in [-0.2, -0.15) is 0 Å². The lowest BCUT2D eigenvalue weighted by Crippen LogP contribution is -2.04. The van der Waals surface area contributed by atoms with E-state index in [1.54, 1.807) is 7.05 Å². The molecule has 0 bridgehead atoms. The molecular weight excluding hydrogens is 204 g/mol. The molecule has 0 spiro atoms. The third kappa shape index (κ3) is 2.50. The van der Waals surface area contributed by atoms with Gasteiger partial charge in [-0.25, -0.2) is 9.78 Å². The molecule has 0 aliphatic carbocycles. The zero-order valence-corrected chi connectivity index (χ0v) is 8.85. The Morgan fingerprint density at radius 3 is 2.93 bits per heavy atom. The second-order valence-corrected chi connectivity index (χ2v) is 3.74. The van der Waals surface area contributed by atoms with Crippen LogP contribution in [0.4, 0.5) is 0 Å². The van der Waals surface area contributed by atoms with Crippen LogP contribution in [0.5, 0.6) is 0 Å². The Labute approximate surface area is 85.7 Å². The van der Waals surface area contributed by atoms with E-state index in [1.165, 1.54) is 18.4 Å². The largest absolute Gasteiger partial charge is 0.477 e. The number of ether oxygens (including phenoxy) is 1. The molecule has 1 aromatic rings. The molecule has 1 rings (SSSR count).